The lowest BCUT2D eigenvalue weighted by Crippen LogP contribution is -2.13. The number of amidine groups is 1. The molecule has 0 saturated heterocycles. The lowest BCUT2D eigenvalue weighted by atomic mass is 10.1. The predicted molar refractivity (Wildman–Crippen MR) is 83.1 cm³/mol. The van der Waals surface area contributed by atoms with Crippen LogP contribution in [0, 0.1) is 11.2 Å². The van der Waals surface area contributed by atoms with Gasteiger partial charge in [0.25, 0.3) is 0 Å². The number of hydrogen-bond acceptors (Lipinski definition) is 3. The standard InChI is InChI=1S/C15H13FN4S/c16-10-6-5-9(11(7-10)14(17)18)8-21-15-19-12-3-1-2-4-13(12)20-15/h1-7H,8H2,(H3,17,18)(H,19,20). The summed E-state index contributed by atoms with van der Waals surface area (Å²) in [5.74, 6) is 0.0436. The van der Waals surface area contributed by atoms with Gasteiger partial charge < -0.3 is 10.7 Å². The second-order valence-electron chi connectivity index (χ2n) is 4.56. The van der Waals surface area contributed by atoms with Gasteiger partial charge in [-0.15, -0.1) is 0 Å². The van der Waals surface area contributed by atoms with Crippen LogP contribution in [0.25, 0.3) is 11.0 Å². The van der Waals surface area contributed by atoms with E-state index in [1.807, 2.05) is 24.3 Å². The average molecular weight is 300 g/mol. The molecule has 0 unspecified atom stereocenters. The van der Waals surface area contributed by atoms with Crippen LogP contribution in [0.15, 0.2) is 47.6 Å². The van der Waals surface area contributed by atoms with E-state index in [0.717, 1.165) is 21.8 Å². The third kappa shape index (κ3) is 2.90. The van der Waals surface area contributed by atoms with Crippen molar-refractivity contribution in [2.45, 2.75) is 10.9 Å². The Labute approximate surface area is 125 Å². The number of thioether (sulfide) groups is 1. The normalized spacial score (nSPS) is 10.9. The first-order valence-corrected chi connectivity index (χ1v) is 7.32. The zero-order chi connectivity index (χ0) is 14.8. The molecule has 0 saturated carbocycles. The summed E-state index contributed by atoms with van der Waals surface area (Å²) in [6, 6.07) is 12.1. The van der Waals surface area contributed by atoms with Crippen molar-refractivity contribution in [1.82, 2.24) is 9.97 Å². The van der Waals surface area contributed by atoms with Gasteiger partial charge in [-0.25, -0.2) is 9.37 Å². The Hall–Kier alpha value is -2.34. The van der Waals surface area contributed by atoms with Gasteiger partial charge in [0.05, 0.1) is 11.0 Å². The Morgan fingerprint density at radius 3 is 2.86 bits per heavy atom. The number of imidazole rings is 1. The van der Waals surface area contributed by atoms with Crippen LogP contribution in [0.4, 0.5) is 4.39 Å². The summed E-state index contributed by atoms with van der Waals surface area (Å²) >= 11 is 1.50. The van der Waals surface area contributed by atoms with Gasteiger partial charge in [0.1, 0.15) is 11.7 Å². The van der Waals surface area contributed by atoms with Crippen LogP contribution < -0.4 is 5.73 Å². The SMILES string of the molecule is N=C(N)c1cc(F)ccc1CSc1nc2ccccc2[nH]1. The third-order valence-corrected chi connectivity index (χ3v) is 4.02. The fourth-order valence-corrected chi connectivity index (χ4v) is 2.96. The molecule has 0 spiro atoms. The molecule has 0 aliphatic carbocycles. The number of nitrogens with two attached hydrogens (primary N) is 1. The minimum absolute atomic E-state index is 0.130. The number of nitrogen functional groups attached to an aromatic ring is 1. The first-order chi connectivity index (χ1) is 10.1. The maximum atomic E-state index is 13.2. The zero-order valence-electron chi connectivity index (χ0n) is 11.1. The number of fused-ring (bicyclic) bond motifs is 1. The summed E-state index contributed by atoms with van der Waals surface area (Å²) in [7, 11) is 0. The van der Waals surface area contributed by atoms with Gasteiger partial charge in [-0.2, -0.15) is 0 Å². The summed E-state index contributed by atoms with van der Waals surface area (Å²) in [5, 5.41) is 8.31. The molecule has 4 nitrogen and oxygen atoms in total. The van der Waals surface area contributed by atoms with Crippen LogP contribution in [0.1, 0.15) is 11.1 Å². The van der Waals surface area contributed by atoms with Crippen LogP contribution in [0.5, 0.6) is 0 Å². The number of H-pyrrole nitrogens is 1. The lowest BCUT2D eigenvalue weighted by molar-refractivity contribution is 0.627. The molecule has 3 rings (SSSR count). The maximum Gasteiger partial charge on any atom is 0.166 e. The number of halogens is 1. The minimum Gasteiger partial charge on any atom is -0.384 e. The quantitative estimate of drug-likeness (QED) is 0.393. The number of nitrogens with zero attached hydrogens (tertiary/aromatic N) is 1. The molecule has 1 aromatic heterocycles. The van der Waals surface area contributed by atoms with Crippen LogP contribution in [0.3, 0.4) is 0 Å². The highest BCUT2D eigenvalue weighted by Crippen LogP contribution is 2.24. The van der Waals surface area contributed by atoms with E-state index in [2.05, 4.69) is 9.97 Å². The first kappa shape index (κ1) is 13.6. The lowest BCUT2D eigenvalue weighted by Gasteiger charge is -2.07. The molecule has 0 radical (unpaired) electrons. The number of nitrogens with one attached hydrogen (secondary N) is 2. The third-order valence-electron chi connectivity index (χ3n) is 3.09. The second kappa shape index (κ2) is 5.57. The smallest absolute Gasteiger partial charge is 0.166 e. The molecule has 1 heterocycles. The van der Waals surface area contributed by atoms with Crippen molar-refractivity contribution in [3.05, 3.63) is 59.4 Å². The Kier molecular flexibility index (Phi) is 3.62. The van der Waals surface area contributed by atoms with Gasteiger partial charge >= 0.3 is 0 Å². The fourth-order valence-electron chi connectivity index (χ4n) is 2.07. The topological polar surface area (TPSA) is 78.6 Å². The number of hydrogen-bond donors (Lipinski definition) is 3. The molecule has 0 aliphatic rings. The molecule has 0 atom stereocenters. The number of rotatable bonds is 4. The molecule has 0 aliphatic heterocycles. The summed E-state index contributed by atoms with van der Waals surface area (Å²) in [6.45, 7) is 0. The van der Waals surface area contributed by atoms with Crippen molar-refractivity contribution >= 4 is 28.6 Å². The van der Waals surface area contributed by atoms with Gasteiger partial charge in [-0.05, 0) is 29.8 Å². The molecular weight excluding hydrogens is 287 g/mol. The second-order valence-corrected chi connectivity index (χ2v) is 5.53. The highest BCUT2D eigenvalue weighted by atomic mass is 32.2. The number of aromatic nitrogens is 2. The van der Waals surface area contributed by atoms with Crippen LogP contribution in [-0.2, 0) is 5.75 Å². The van der Waals surface area contributed by atoms with Crippen molar-refractivity contribution in [1.29, 1.82) is 5.41 Å². The summed E-state index contributed by atoms with van der Waals surface area (Å²) in [4.78, 5) is 7.69. The van der Waals surface area contributed by atoms with Crippen LogP contribution in [-0.4, -0.2) is 15.8 Å². The van der Waals surface area contributed by atoms with Gasteiger partial charge in [0, 0.05) is 11.3 Å². The Balaban J connectivity index is 1.83. The molecule has 0 fully saturated rings. The van der Waals surface area contributed by atoms with Crippen LogP contribution in [0.2, 0.25) is 0 Å². The van der Waals surface area contributed by atoms with E-state index >= 15 is 0 Å². The van der Waals surface area contributed by atoms with E-state index in [0.29, 0.717) is 11.3 Å². The Bertz CT molecular complexity index is 779. The molecular formula is C15H13FN4S. The maximum absolute atomic E-state index is 13.2. The van der Waals surface area contributed by atoms with E-state index < -0.39 is 5.82 Å². The van der Waals surface area contributed by atoms with Gasteiger partial charge in [0.15, 0.2) is 5.16 Å². The van der Waals surface area contributed by atoms with Crippen LogP contribution >= 0.6 is 11.8 Å². The molecule has 4 N–H and O–H groups in total. The van der Waals surface area contributed by atoms with E-state index in [1.54, 1.807) is 6.07 Å². The van der Waals surface area contributed by atoms with Gasteiger partial charge in [-0.1, -0.05) is 30.0 Å². The van der Waals surface area contributed by atoms with Crippen molar-refractivity contribution in [2.24, 2.45) is 5.73 Å². The predicted octanol–water partition coefficient (Wildman–Crippen LogP) is 3.28. The molecule has 6 heteroatoms. The number of aromatic amines is 1. The van der Waals surface area contributed by atoms with E-state index in [-0.39, 0.29) is 5.84 Å². The zero-order valence-corrected chi connectivity index (χ0v) is 11.9. The van der Waals surface area contributed by atoms with Crippen molar-refractivity contribution in [2.75, 3.05) is 0 Å². The largest absolute Gasteiger partial charge is 0.384 e. The molecule has 0 bridgehead atoms. The molecule has 21 heavy (non-hydrogen) atoms. The highest BCUT2D eigenvalue weighted by Gasteiger charge is 2.09. The van der Waals surface area contributed by atoms with Crippen molar-refractivity contribution < 1.29 is 4.39 Å². The minimum atomic E-state index is -0.391. The van der Waals surface area contributed by atoms with E-state index in [1.165, 1.54) is 23.9 Å². The average Bonchev–Trinajstić information content (AvgIpc) is 2.88. The highest BCUT2D eigenvalue weighted by molar-refractivity contribution is 7.98. The van der Waals surface area contributed by atoms with E-state index in [9.17, 15) is 4.39 Å². The molecule has 0 amide bonds. The van der Waals surface area contributed by atoms with Crippen molar-refractivity contribution in [3.63, 3.8) is 0 Å². The molecule has 2 aromatic carbocycles. The molecule has 106 valence electrons. The Morgan fingerprint density at radius 1 is 1.29 bits per heavy atom. The Morgan fingerprint density at radius 2 is 2.10 bits per heavy atom. The first-order valence-electron chi connectivity index (χ1n) is 6.34. The van der Waals surface area contributed by atoms with E-state index in [4.69, 9.17) is 11.1 Å². The number of benzene rings is 2. The van der Waals surface area contributed by atoms with Crippen molar-refractivity contribution in [3.8, 4) is 0 Å². The fraction of sp³-hybridized carbons (Fsp3) is 0.0667. The van der Waals surface area contributed by atoms with Gasteiger partial charge in [0.2, 0.25) is 0 Å². The van der Waals surface area contributed by atoms with Gasteiger partial charge in [-0.3, -0.25) is 5.41 Å². The summed E-state index contributed by atoms with van der Waals surface area (Å²) in [5.41, 5.74) is 8.63. The summed E-state index contributed by atoms with van der Waals surface area (Å²) in [6.07, 6.45) is 0. The molecule has 3 aromatic rings. The summed E-state index contributed by atoms with van der Waals surface area (Å²) < 4.78 is 13.2. The number of para-hydroxylation sites is 2. The monoisotopic (exact) mass is 300 g/mol.